The number of amides is 1. The van der Waals surface area contributed by atoms with Gasteiger partial charge in [0.1, 0.15) is 11.5 Å². The number of benzene rings is 1. The molecular formula is C19H17N7O2. The second kappa shape index (κ2) is 7.03. The van der Waals surface area contributed by atoms with Crippen LogP contribution in [0.4, 0.5) is 11.6 Å². The largest absolute Gasteiger partial charge is 0.305 e. The first-order valence-electron chi connectivity index (χ1n) is 8.70. The van der Waals surface area contributed by atoms with E-state index in [4.69, 9.17) is 0 Å². The maximum atomic E-state index is 12.6. The number of aromatic nitrogens is 5. The number of rotatable bonds is 5. The number of nitrogens with zero attached hydrogens (tertiary/aromatic N) is 6. The van der Waals surface area contributed by atoms with Crippen LogP contribution in [0, 0.1) is 4.91 Å². The average Bonchev–Trinajstić information content (AvgIpc) is 3.32. The summed E-state index contributed by atoms with van der Waals surface area (Å²) in [5.41, 5.74) is 2.00. The van der Waals surface area contributed by atoms with Crippen LogP contribution in [0.25, 0.3) is 17.0 Å². The molecule has 0 unspecified atom stereocenters. The van der Waals surface area contributed by atoms with Crippen LogP contribution < -0.4 is 5.32 Å². The first-order chi connectivity index (χ1) is 13.5. The van der Waals surface area contributed by atoms with E-state index in [2.05, 4.69) is 25.6 Å². The fourth-order valence-electron chi connectivity index (χ4n) is 2.86. The Morgan fingerprint density at radius 2 is 1.93 bits per heavy atom. The third-order valence-electron chi connectivity index (χ3n) is 4.18. The predicted molar refractivity (Wildman–Crippen MR) is 104 cm³/mol. The van der Waals surface area contributed by atoms with E-state index in [1.165, 1.54) is 10.7 Å². The highest BCUT2D eigenvalue weighted by Gasteiger charge is 2.18. The standard InChI is InChI=1S/C19H17N7O2/c1-12(2)26-15(10-17(23-26)24-28)18(27)21-16-8-9-25-11-14(20-19(25)22-16)13-6-4-3-5-7-13/h3-12H,1-2H3,(H,20,21,22,27). The monoisotopic (exact) mass is 375 g/mol. The van der Waals surface area contributed by atoms with E-state index in [1.54, 1.807) is 16.7 Å². The number of hydrogen-bond acceptors (Lipinski definition) is 6. The first-order valence-corrected chi connectivity index (χ1v) is 8.70. The zero-order chi connectivity index (χ0) is 19.7. The van der Waals surface area contributed by atoms with Crippen molar-refractivity contribution in [1.29, 1.82) is 0 Å². The highest BCUT2D eigenvalue weighted by atomic mass is 16.3. The molecule has 0 bridgehead atoms. The van der Waals surface area contributed by atoms with Crippen molar-refractivity contribution in [2.45, 2.75) is 19.9 Å². The molecule has 0 aliphatic rings. The van der Waals surface area contributed by atoms with Crippen LogP contribution >= 0.6 is 0 Å². The fraction of sp³-hybridized carbons (Fsp3) is 0.158. The average molecular weight is 375 g/mol. The van der Waals surface area contributed by atoms with Gasteiger partial charge in [-0.25, -0.2) is 4.98 Å². The smallest absolute Gasteiger partial charge is 0.275 e. The molecule has 1 amide bonds. The predicted octanol–water partition coefficient (Wildman–Crippen LogP) is 3.82. The molecule has 0 radical (unpaired) electrons. The summed E-state index contributed by atoms with van der Waals surface area (Å²) in [4.78, 5) is 32.3. The summed E-state index contributed by atoms with van der Waals surface area (Å²) in [5.74, 6) is 0.343. The lowest BCUT2D eigenvalue weighted by molar-refractivity contribution is 0.101. The molecule has 3 aromatic heterocycles. The Morgan fingerprint density at radius 1 is 1.14 bits per heavy atom. The molecule has 1 N–H and O–H groups in total. The van der Waals surface area contributed by atoms with Crippen LogP contribution in [0.5, 0.6) is 0 Å². The van der Waals surface area contributed by atoms with Crippen LogP contribution in [-0.2, 0) is 0 Å². The van der Waals surface area contributed by atoms with Gasteiger partial charge in [0.05, 0.1) is 5.69 Å². The number of nitrogens with one attached hydrogen (secondary N) is 1. The van der Waals surface area contributed by atoms with Crippen molar-refractivity contribution in [1.82, 2.24) is 24.1 Å². The Kier molecular flexibility index (Phi) is 4.40. The molecule has 0 atom stereocenters. The highest BCUT2D eigenvalue weighted by molar-refractivity contribution is 6.03. The molecule has 0 aliphatic carbocycles. The summed E-state index contributed by atoms with van der Waals surface area (Å²) >= 11 is 0. The van der Waals surface area contributed by atoms with E-state index < -0.39 is 5.91 Å². The minimum absolute atomic E-state index is 0.0389. The molecule has 0 aliphatic heterocycles. The van der Waals surface area contributed by atoms with Crippen LogP contribution in [0.2, 0.25) is 0 Å². The second-order valence-corrected chi connectivity index (χ2v) is 6.48. The van der Waals surface area contributed by atoms with Crippen molar-refractivity contribution < 1.29 is 4.79 Å². The van der Waals surface area contributed by atoms with Crippen molar-refractivity contribution in [2.75, 3.05) is 5.32 Å². The minimum Gasteiger partial charge on any atom is -0.305 e. The number of carbonyl (C=O) groups is 1. The van der Waals surface area contributed by atoms with E-state index in [-0.39, 0.29) is 17.6 Å². The molecule has 1 aromatic carbocycles. The number of hydrogen-bond donors (Lipinski definition) is 1. The lowest BCUT2D eigenvalue weighted by Gasteiger charge is -2.10. The quantitative estimate of drug-likeness (QED) is 0.534. The maximum absolute atomic E-state index is 12.6. The zero-order valence-corrected chi connectivity index (χ0v) is 15.3. The molecule has 0 fully saturated rings. The fourth-order valence-corrected chi connectivity index (χ4v) is 2.86. The normalized spacial score (nSPS) is 11.1. The van der Waals surface area contributed by atoms with Gasteiger partial charge >= 0.3 is 0 Å². The van der Waals surface area contributed by atoms with Crippen LogP contribution in [0.3, 0.4) is 0 Å². The molecular weight excluding hydrogens is 358 g/mol. The van der Waals surface area contributed by atoms with Crippen molar-refractivity contribution in [3.63, 3.8) is 0 Å². The van der Waals surface area contributed by atoms with Gasteiger partial charge in [-0.15, -0.1) is 10.0 Å². The second-order valence-electron chi connectivity index (χ2n) is 6.48. The van der Waals surface area contributed by atoms with Gasteiger partial charge in [0, 0.05) is 30.1 Å². The van der Waals surface area contributed by atoms with Gasteiger partial charge in [0.15, 0.2) is 0 Å². The van der Waals surface area contributed by atoms with E-state index in [0.717, 1.165) is 11.3 Å². The molecule has 0 saturated heterocycles. The first kappa shape index (κ1) is 17.5. The Bertz CT molecular complexity index is 1160. The van der Waals surface area contributed by atoms with Gasteiger partial charge in [-0.05, 0) is 25.1 Å². The van der Waals surface area contributed by atoms with Crippen LogP contribution in [0.15, 0.2) is 60.0 Å². The number of imidazole rings is 1. The summed E-state index contributed by atoms with van der Waals surface area (Å²) in [6, 6.07) is 12.7. The molecule has 28 heavy (non-hydrogen) atoms. The van der Waals surface area contributed by atoms with Crippen molar-refractivity contribution in [3.8, 4) is 11.3 Å². The number of anilines is 1. The van der Waals surface area contributed by atoms with E-state index in [9.17, 15) is 9.70 Å². The number of carbonyl (C=O) groups excluding carboxylic acids is 1. The summed E-state index contributed by atoms with van der Waals surface area (Å²) in [7, 11) is 0. The van der Waals surface area contributed by atoms with E-state index in [0.29, 0.717) is 11.6 Å². The summed E-state index contributed by atoms with van der Waals surface area (Å²) in [5, 5.41) is 9.55. The maximum Gasteiger partial charge on any atom is 0.275 e. The third kappa shape index (κ3) is 3.25. The zero-order valence-electron chi connectivity index (χ0n) is 15.3. The third-order valence-corrected chi connectivity index (χ3v) is 4.18. The van der Waals surface area contributed by atoms with Gasteiger partial charge < -0.3 is 5.32 Å². The Hall–Kier alpha value is -3.88. The molecule has 4 aromatic rings. The Labute approximate surface area is 160 Å². The van der Waals surface area contributed by atoms with Gasteiger partial charge in [-0.1, -0.05) is 30.3 Å². The van der Waals surface area contributed by atoms with Gasteiger partial charge in [0.2, 0.25) is 11.6 Å². The Balaban J connectivity index is 1.62. The molecule has 9 nitrogen and oxygen atoms in total. The van der Waals surface area contributed by atoms with Crippen LogP contribution in [-0.4, -0.2) is 30.1 Å². The van der Waals surface area contributed by atoms with E-state index in [1.807, 2.05) is 50.4 Å². The van der Waals surface area contributed by atoms with Crippen molar-refractivity contribution >= 4 is 23.3 Å². The lowest BCUT2D eigenvalue weighted by atomic mass is 10.2. The molecule has 0 saturated carbocycles. The lowest BCUT2D eigenvalue weighted by Crippen LogP contribution is -2.19. The highest BCUT2D eigenvalue weighted by Crippen LogP contribution is 2.20. The van der Waals surface area contributed by atoms with Gasteiger partial charge in [-0.2, -0.15) is 4.98 Å². The molecule has 0 spiro atoms. The van der Waals surface area contributed by atoms with Crippen LogP contribution in [0.1, 0.15) is 30.4 Å². The SMILES string of the molecule is CC(C)n1nc(N=O)cc1C(=O)Nc1ccn2cc(-c3ccccc3)nc2n1. The molecule has 140 valence electrons. The Morgan fingerprint density at radius 3 is 2.64 bits per heavy atom. The number of nitroso groups, excluding NO2 is 1. The molecule has 3 heterocycles. The van der Waals surface area contributed by atoms with E-state index >= 15 is 0 Å². The topological polar surface area (TPSA) is 107 Å². The molecule has 4 rings (SSSR count). The van der Waals surface area contributed by atoms with Gasteiger partial charge in [0.25, 0.3) is 5.91 Å². The summed E-state index contributed by atoms with van der Waals surface area (Å²) in [6.07, 6.45) is 3.65. The number of fused-ring (bicyclic) bond motifs is 1. The summed E-state index contributed by atoms with van der Waals surface area (Å²) in [6.45, 7) is 3.72. The minimum atomic E-state index is -0.428. The van der Waals surface area contributed by atoms with Crippen molar-refractivity contribution in [2.24, 2.45) is 5.18 Å². The summed E-state index contributed by atoms with van der Waals surface area (Å²) < 4.78 is 3.23. The van der Waals surface area contributed by atoms with Crippen molar-refractivity contribution in [3.05, 3.63) is 65.5 Å². The van der Waals surface area contributed by atoms with Gasteiger partial charge in [-0.3, -0.25) is 13.9 Å². The molecule has 9 heteroatoms.